The smallest absolute Gasteiger partial charge is 0.191 e. The third kappa shape index (κ3) is 6.04. The second-order valence-electron chi connectivity index (χ2n) is 7.17. The Bertz CT molecular complexity index is 721. The molecule has 2 N–H and O–H groups in total. The Labute approximate surface area is 165 Å². The second-order valence-corrected chi connectivity index (χ2v) is 8.21. The number of aliphatic imine (C=N–C) groups is 1. The van der Waals surface area contributed by atoms with E-state index >= 15 is 0 Å². The van der Waals surface area contributed by atoms with E-state index in [0.717, 1.165) is 56.6 Å². The SMILES string of the molecule is Cc1nnc(CN=C(NCC(C)Cc2cccs2)NCC2CCCO2)n1C. The summed E-state index contributed by atoms with van der Waals surface area (Å²) in [4.78, 5) is 6.14. The van der Waals surface area contributed by atoms with Gasteiger partial charge < -0.3 is 19.9 Å². The zero-order valence-electron chi connectivity index (χ0n) is 16.4. The average Bonchev–Trinajstić information content (AvgIpc) is 3.40. The highest BCUT2D eigenvalue weighted by atomic mass is 32.1. The van der Waals surface area contributed by atoms with Crippen LogP contribution in [0.25, 0.3) is 0 Å². The summed E-state index contributed by atoms with van der Waals surface area (Å²) in [7, 11) is 1.97. The van der Waals surface area contributed by atoms with E-state index < -0.39 is 0 Å². The third-order valence-corrected chi connectivity index (χ3v) is 5.73. The lowest BCUT2D eigenvalue weighted by molar-refractivity contribution is 0.113. The van der Waals surface area contributed by atoms with Crippen LogP contribution in [0, 0.1) is 12.8 Å². The Morgan fingerprint density at radius 1 is 1.44 bits per heavy atom. The number of guanidine groups is 1. The zero-order valence-corrected chi connectivity index (χ0v) is 17.3. The summed E-state index contributed by atoms with van der Waals surface area (Å²) in [6.45, 7) is 7.22. The van der Waals surface area contributed by atoms with Crippen LogP contribution in [0.4, 0.5) is 0 Å². The van der Waals surface area contributed by atoms with Crippen LogP contribution in [0.5, 0.6) is 0 Å². The van der Waals surface area contributed by atoms with E-state index in [1.807, 2.05) is 29.9 Å². The van der Waals surface area contributed by atoms with Gasteiger partial charge in [0.1, 0.15) is 12.4 Å². The van der Waals surface area contributed by atoms with E-state index in [4.69, 9.17) is 9.73 Å². The molecule has 8 heteroatoms. The number of aromatic nitrogens is 3. The summed E-state index contributed by atoms with van der Waals surface area (Å²) in [5, 5.41) is 17.3. The van der Waals surface area contributed by atoms with Crippen LogP contribution in [-0.4, -0.2) is 46.5 Å². The van der Waals surface area contributed by atoms with E-state index in [2.05, 4.69) is 45.3 Å². The molecule has 2 atom stereocenters. The molecule has 148 valence electrons. The van der Waals surface area contributed by atoms with Crippen molar-refractivity contribution in [2.75, 3.05) is 19.7 Å². The van der Waals surface area contributed by atoms with Crippen molar-refractivity contribution in [1.82, 2.24) is 25.4 Å². The van der Waals surface area contributed by atoms with Crippen LogP contribution >= 0.6 is 11.3 Å². The van der Waals surface area contributed by atoms with E-state index in [1.165, 1.54) is 4.88 Å². The van der Waals surface area contributed by atoms with Gasteiger partial charge in [0.25, 0.3) is 0 Å². The van der Waals surface area contributed by atoms with Crippen molar-refractivity contribution in [1.29, 1.82) is 0 Å². The fourth-order valence-electron chi connectivity index (χ4n) is 3.04. The molecule has 0 spiro atoms. The van der Waals surface area contributed by atoms with Crippen LogP contribution in [0.2, 0.25) is 0 Å². The van der Waals surface area contributed by atoms with Gasteiger partial charge in [-0.25, -0.2) is 4.99 Å². The predicted molar refractivity (Wildman–Crippen MR) is 109 cm³/mol. The van der Waals surface area contributed by atoms with Crippen LogP contribution in [0.15, 0.2) is 22.5 Å². The second kappa shape index (κ2) is 9.85. The van der Waals surface area contributed by atoms with Gasteiger partial charge in [0.15, 0.2) is 11.8 Å². The van der Waals surface area contributed by atoms with Crippen LogP contribution in [-0.2, 0) is 24.8 Å². The fourth-order valence-corrected chi connectivity index (χ4v) is 3.91. The molecule has 2 aromatic rings. The van der Waals surface area contributed by atoms with Crippen molar-refractivity contribution in [3.05, 3.63) is 34.0 Å². The third-order valence-electron chi connectivity index (χ3n) is 4.83. The first-order chi connectivity index (χ1) is 13.1. The molecule has 1 aliphatic heterocycles. The highest BCUT2D eigenvalue weighted by Crippen LogP contribution is 2.14. The van der Waals surface area contributed by atoms with Gasteiger partial charge in [-0.2, -0.15) is 0 Å². The average molecular weight is 391 g/mol. The van der Waals surface area contributed by atoms with Crippen molar-refractivity contribution in [3.63, 3.8) is 0 Å². The largest absolute Gasteiger partial charge is 0.376 e. The topological polar surface area (TPSA) is 76.4 Å². The Balaban J connectivity index is 1.55. The number of nitrogens with one attached hydrogen (secondary N) is 2. The minimum absolute atomic E-state index is 0.276. The standard InChI is InChI=1S/C19H30N6OS/c1-14(10-17-7-5-9-27-17)11-20-19(21-12-16-6-4-8-26-16)22-13-18-24-23-15(2)25(18)3/h5,7,9,14,16H,4,6,8,10-13H2,1-3H3,(H2,20,21,22). The van der Waals surface area contributed by atoms with Crippen molar-refractivity contribution in [2.45, 2.75) is 45.8 Å². The Kier molecular flexibility index (Phi) is 7.23. The minimum atomic E-state index is 0.276. The summed E-state index contributed by atoms with van der Waals surface area (Å²) >= 11 is 1.82. The monoisotopic (exact) mass is 390 g/mol. The Morgan fingerprint density at radius 2 is 2.33 bits per heavy atom. The molecule has 2 unspecified atom stereocenters. The van der Waals surface area contributed by atoms with Gasteiger partial charge in [-0.1, -0.05) is 13.0 Å². The number of hydrogen-bond acceptors (Lipinski definition) is 5. The highest BCUT2D eigenvalue weighted by molar-refractivity contribution is 7.09. The summed E-state index contributed by atoms with van der Waals surface area (Å²) < 4.78 is 7.69. The fraction of sp³-hybridized carbons (Fsp3) is 0.632. The molecule has 0 saturated carbocycles. The molecule has 27 heavy (non-hydrogen) atoms. The van der Waals surface area contributed by atoms with Crippen LogP contribution < -0.4 is 10.6 Å². The van der Waals surface area contributed by atoms with Crippen molar-refractivity contribution in [2.24, 2.45) is 18.0 Å². The van der Waals surface area contributed by atoms with E-state index in [0.29, 0.717) is 12.5 Å². The number of aryl methyl sites for hydroxylation is 1. The van der Waals surface area contributed by atoms with Gasteiger partial charge in [-0.05, 0) is 43.6 Å². The lowest BCUT2D eigenvalue weighted by Gasteiger charge is -2.18. The number of ether oxygens (including phenoxy) is 1. The summed E-state index contributed by atoms with van der Waals surface area (Å²) in [5.41, 5.74) is 0. The maximum Gasteiger partial charge on any atom is 0.191 e. The number of hydrogen-bond donors (Lipinski definition) is 2. The predicted octanol–water partition coefficient (Wildman–Crippen LogP) is 2.28. The molecule has 1 aliphatic rings. The zero-order chi connectivity index (χ0) is 19.1. The lowest BCUT2D eigenvalue weighted by Crippen LogP contribution is -2.43. The van der Waals surface area contributed by atoms with Gasteiger partial charge in [0, 0.05) is 31.6 Å². The van der Waals surface area contributed by atoms with E-state index in [1.54, 1.807) is 0 Å². The van der Waals surface area contributed by atoms with Gasteiger partial charge in [0.05, 0.1) is 6.10 Å². The maximum atomic E-state index is 5.71. The van der Waals surface area contributed by atoms with E-state index in [-0.39, 0.29) is 6.10 Å². The molecule has 1 fully saturated rings. The van der Waals surface area contributed by atoms with Crippen molar-refractivity contribution in [3.8, 4) is 0 Å². The molecule has 7 nitrogen and oxygen atoms in total. The lowest BCUT2D eigenvalue weighted by atomic mass is 10.1. The quantitative estimate of drug-likeness (QED) is 0.534. The van der Waals surface area contributed by atoms with E-state index in [9.17, 15) is 0 Å². The van der Waals surface area contributed by atoms with Gasteiger partial charge >= 0.3 is 0 Å². The molecule has 0 aromatic carbocycles. The normalized spacial score (nSPS) is 18.6. The molecular formula is C19H30N6OS. The molecule has 0 amide bonds. The molecule has 0 bridgehead atoms. The maximum absolute atomic E-state index is 5.71. The first-order valence-electron chi connectivity index (χ1n) is 9.63. The molecular weight excluding hydrogens is 360 g/mol. The number of thiophene rings is 1. The molecule has 3 heterocycles. The van der Waals surface area contributed by atoms with Crippen molar-refractivity contribution >= 4 is 17.3 Å². The highest BCUT2D eigenvalue weighted by Gasteiger charge is 2.16. The van der Waals surface area contributed by atoms with Crippen LogP contribution in [0.3, 0.4) is 0 Å². The molecule has 3 rings (SSSR count). The van der Waals surface area contributed by atoms with Crippen LogP contribution in [0.1, 0.15) is 36.3 Å². The van der Waals surface area contributed by atoms with Gasteiger partial charge in [-0.15, -0.1) is 21.5 Å². The Hall–Kier alpha value is -1.93. The first kappa shape index (κ1) is 19.8. The number of rotatable bonds is 8. The number of nitrogens with zero attached hydrogens (tertiary/aromatic N) is 4. The molecule has 0 radical (unpaired) electrons. The Morgan fingerprint density at radius 3 is 3.00 bits per heavy atom. The van der Waals surface area contributed by atoms with Gasteiger partial charge in [-0.3, -0.25) is 0 Å². The van der Waals surface area contributed by atoms with Crippen molar-refractivity contribution < 1.29 is 4.74 Å². The molecule has 2 aromatic heterocycles. The summed E-state index contributed by atoms with van der Waals surface area (Å²) in [6.07, 6.45) is 3.60. The summed E-state index contributed by atoms with van der Waals surface area (Å²) in [5.74, 6) is 3.09. The first-order valence-corrected chi connectivity index (χ1v) is 10.5. The molecule has 0 aliphatic carbocycles. The summed E-state index contributed by atoms with van der Waals surface area (Å²) in [6, 6.07) is 4.31. The minimum Gasteiger partial charge on any atom is -0.376 e. The molecule has 1 saturated heterocycles. The van der Waals surface area contributed by atoms with Gasteiger partial charge in [0.2, 0.25) is 0 Å².